The molecule has 0 saturated heterocycles. The van der Waals surface area contributed by atoms with Gasteiger partial charge in [-0.1, -0.05) is 24.8 Å². The zero-order valence-electron chi connectivity index (χ0n) is 18.7. The number of fused-ring (bicyclic) bond motifs is 2. The number of amides is 1. The fraction of sp³-hybridized carbons (Fsp3) is 0.111. The Hall–Kier alpha value is -4.52. The summed E-state index contributed by atoms with van der Waals surface area (Å²) >= 11 is 0. The molecule has 34 heavy (non-hydrogen) atoms. The molecular weight excluding hydrogens is 426 g/mol. The first kappa shape index (κ1) is 21.3. The molecule has 1 aromatic carbocycles. The van der Waals surface area contributed by atoms with Gasteiger partial charge >= 0.3 is 0 Å². The van der Waals surface area contributed by atoms with Gasteiger partial charge in [0, 0.05) is 42.2 Å². The number of aromatic nitrogens is 4. The fourth-order valence-corrected chi connectivity index (χ4v) is 3.99. The van der Waals surface area contributed by atoms with E-state index >= 15 is 0 Å². The van der Waals surface area contributed by atoms with Crippen LogP contribution >= 0.6 is 0 Å². The van der Waals surface area contributed by atoms with Crippen LogP contribution in [0.25, 0.3) is 44.3 Å². The number of nitrogens with one attached hydrogen (secondary N) is 1. The van der Waals surface area contributed by atoms with Gasteiger partial charge in [0.1, 0.15) is 12.4 Å². The summed E-state index contributed by atoms with van der Waals surface area (Å²) in [4.78, 5) is 30.3. The van der Waals surface area contributed by atoms with Crippen LogP contribution in [0.4, 0.5) is 0 Å². The molecule has 0 fully saturated rings. The molecule has 4 aromatic heterocycles. The molecule has 0 saturated carbocycles. The molecule has 0 atom stereocenters. The van der Waals surface area contributed by atoms with Gasteiger partial charge in [-0.25, -0.2) is 0 Å². The van der Waals surface area contributed by atoms with Crippen LogP contribution in [0.1, 0.15) is 0 Å². The van der Waals surface area contributed by atoms with Gasteiger partial charge in [0.05, 0.1) is 35.0 Å². The summed E-state index contributed by atoms with van der Waals surface area (Å²) in [7, 11) is 1.72. The first-order valence-corrected chi connectivity index (χ1v) is 10.9. The van der Waals surface area contributed by atoms with Crippen molar-refractivity contribution in [2.24, 2.45) is 0 Å². The van der Waals surface area contributed by atoms with Crippen LogP contribution in [-0.2, 0) is 4.79 Å². The second-order valence-electron chi connectivity index (χ2n) is 7.87. The monoisotopic (exact) mass is 449 g/mol. The van der Waals surface area contributed by atoms with E-state index in [-0.39, 0.29) is 5.91 Å². The van der Waals surface area contributed by atoms with Gasteiger partial charge < -0.3 is 14.6 Å². The van der Waals surface area contributed by atoms with Crippen molar-refractivity contribution < 1.29 is 9.53 Å². The highest BCUT2D eigenvalue weighted by Gasteiger charge is 2.19. The molecule has 1 N–H and O–H groups in total. The van der Waals surface area contributed by atoms with E-state index in [9.17, 15) is 4.79 Å². The van der Waals surface area contributed by atoms with Crippen molar-refractivity contribution in [2.75, 3.05) is 20.2 Å². The number of benzene rings is 1. The van der Waals surface area contributed by atoms with Gasteiger partial charge in [0.2, 0.25) is 5.91 Å². The predicted molar refractivity (Wildman–Crippen MR) is 133 cm³/mol. The molecule has 0 spiro atoms. The van der Waals surface area contributed by atoms with Crippen LogP contribution in [0.2, 0.25) is 0 Å². The zero-order valence-corrected chi connectivity index (χ0v) is 18.7. The lowest BCUT2D eigenvalue weighted by molar-refractivity contribution is -0.125. The second-order valence-corrected chi connectivity index (χ2v) is 7.87. The molecule has 168 valence electrons. The van der Waals surface area contributed by atoms with E-state index in [0.29, 0.717) is 18.9 Å². The molecule has 0 aliphatic rings. The van der Waals surface area contributed by atoms with Crippen molar-refractivity contribution in [2.45, 2.75) is 0 Å². The average Bonchev–Trinajstić information content (AvgIpc) is 3.27. The number of likely N-dealkylation sites (N-methyl/N-ethyl adjacent to an activating group) is 1. The van der Waals surface area contributed by atoms with E-state index in [1.54, 1.807) is 36.7 Å². The van der Waals surface area contributed by atoms with Crippen LogP contribution in [0.5, 0.6) is 5.75 Å². The van der Waals surface area contributed by atoms with Crippen LogP contribution in [-0.4, -0.2) is 50.9 Å². The molecule has 0 unspecified atom stereocenters. The molecule has 0 aliphatic carbocycles. The minimum Gasteiger partial charge on any atom is -0.489 e. The average molecular weight is 450 g/mol. The van der Waals surface area contributed by atoms with Crippen LogP contribution in [0.15, 0.2) is 86.0 Å². The van der Waals surface area contributed by atoms with Crippen molar-refractivity contribution >= 4 is 27.8 Å². The number of carbonyl (C=O) groups excluding carboxylic acids is 1. The smallest absolute Gasteiger partial charge is 0.245 e. The van der Waals surface area contributed by atoms with Crippen molar-refractivity contribution in [1.82, 2.24) is 24.8 Å². The van der Waals surface area contributed by atoms with Crippen LogP contribution < -0.4 is 4.74 Å². The van der Waals surface area contributed by atoms with Crippen molar-refractivity contribution in [3.8, 4) is 28.1 Å². The number of aromatic amines is 1. The molecule has 4 heterocycles. The van der Waals surface area contributed by atoms with Crippen molar-refractivity contribution in [1.29, 1.82) is 0 Å². The number of ether oxygens (including phenoxy) is 1. The largest absolute Gasteiger partial charge is 0.489 e. The Morgan fingerprint density at radius 3 is 2.85 bits per heavy atom. The Morgan fingerprint density at radius 1 is 1.12 bits per heavy atom. The number of carbonyl (C=O) groups is 1. The Morgan fingerprint density at radius 2 is 1.97 bits per heavy atom. The van der Waals surface area contributed by atoms with E-state index in [1.165, 1.54) is 6.08 Å². The van der Waals surface area contributed by atoms with E-state index in [4.69, 9.17) is 4.74 Å². The topological polar surface area (TPSA) is 84.0 Å². The van der Waals surface area contributed by atoms with Crippen molar-refractivity contribution in [3.05, 3.63) is 86.0 Å². The second kappa shape index (κ2) is 9.15. The van der Waals surface area contributed by atoms with Gasteiger partial charge in [-0.15, -0.1) is 0 Å². The maximum Gasteiger partial charge on any atom is 0.245 e. The highest BCUT2D eigenvalue weighted by molar-refractivity contribution is 6.03. The summed E-state index contributed by atoms with van der Waals surface area (Å²) in [6.07, 6.45) is 8.30. The number of rotatable bonds is 7. The molecule has 7 nitrogen and oxygen atoms in total. The minimum absolute atomic E-state index is 0.149. The first-order valence-electron chi connectivity index (χ1n) is 10.9. The van der Waals surface area contributed by atoms with Crippen LogP contribution in [0.3, 0.4) is 0 Å². The van der Waals surface area contributed by atoms with Gasteiger partial charge in [-0.2, -0.15) is 0 Å². The quantitative estimate of drug-likeness (QED) is 0.359. The van der Waals surface area contributed by atoms with Gasteiger partial charge in [0.25, 0.3) is 0 Å². The van der Waals surface area contributed by atoms with E-state index < -0.39 is 0 Å². The lowest BCUT2D eigenvalue weighted by Gasteiger charge is -2.17. The molecule has 5 rings (SSSR count). The molecule has 7 heteroatoms. The SMILES string of the molecule is C=CC(=O)N(C)CCOc1cnccc1-c1[nH]c2cccnc2c1-c1ccc2cccnc2c1. The zero-order chi connectivity index (χ0) is 23.5. The number of nitrogens with zero attached hydrogens (tertiary/aromatic N) is 4. The maximum atomic E-state index is 11.8. The van der Waals surface area contributed by atoms with Gasteiger partial charge in [0.15, 0.2) is 0 Å². The first-order chi connectivity index (χ1) is 16.7. The lowest BCUT2D eigenvalue weighted by Crippen LogP contribution is -2.29. The fourth-order valence-electron chi connectivity index (χ4n) is 3.99. The van der Waals surface area contributed by atoms with E-state index in [0.717, 1.165) is 44.3 Å². The number of pyridine rings is 3. The maximum absolute atomic E-state index is 11.8. The Kier molecular flexibility index (Phi) is 5.74. The third-order valence-corrected chi connectivity index (χ3v) is 5.74. The summed E-state index contributed by atoms with van der Waals surface area (Å²) in [6, 6.07) is 16.0. The summed E-state index contributed by atoms with van der Waals surface area (Å²) in [5.74, 6) is 0.470. The highest BCUT2D eigenvalue weighted by atomic mass is 16.5. The van der Waals surface area contributed by atoms with E-state index in [1.807, 2.05) is 30.3 Å². The molecule has 0 radical (unpaired) electrons. The molecule has 0 aliphatic heterocycles. The molecule has 1 amide bonds. The Balaban J connectivity index is 1.59. The summed E-state index contributed by atoms with van der Waals surface area (Å²) in [5.41, 5.74) is 6.43. The van der Waals surface area contributed by atoms with Gasteiger partial charge in [-0.05, 0) is 42.0 Å². The van der Waals surface area contributed by atoms with Crippen molar-refractivity contribution in [3.63, 3.8) is 0 Å². The lowest BCUT2D eigenvalue weighted by atomic mass is 9.99. The Bertz CT molecular complexity index is 1510. The predicted octanol–water partition coefficient (Wildman–Crippen LogP) is 4.86. The summed E-state index contributed by atoms with van der Waals surface area (Å²) < 4.78 is 6.07. The van der Waals surface area contributed by atoms with Crippen LogP contribution in [0, 0.1) is 0 Å². The molecule has 0 bridgehead atoms. The molecule has 5 aromatic rings. The van der Waals surface area contributed by atoms with Gasteiger partial charge in [-0.3, -0.25) is 19.7 Å². The highest BCUT2D eigenvalue weighted by Crippen LogP contribution is 2.41. The van der Waals surface area contributed by atoms with E-state index in [2.05, 4.69) is 44.7 Å². The molecular formula is C27H23N5O2. The minimum atomic E-state index is -0.149. The third-order valence-electron chi connectivity index (χ3n) is 5.74. The third kappa shape index (κ3) is 3.99. The normalized spacial score (nSPS) is 11.0. The number of H-pyrrole nitrogens is 1. The summed E-state index contributed by atoms with van der Waals surface area (Å²) in [6.45, 7) is 4.27. The number of hydrogen-bond acceptors (Lipinski definition) is 5. The standard InChI is InChI=1S/C27H23N5O2/c1-3-24(33)32(2)14-15-34-23-17-28-13-10-20(23)26-25(27-21(31-26)7-5-12-30-27)19-9-8-18-6-4-11-29-22(18)16-19/h3-13,16-17,31H,1,14-15H2,2H3. The number of hydrogen-bond donors (Lipinski definition) is 1. The Labute approximate surface area is 196 Å². The summed E-state index contributed by atoms with van der Waals surface area (Å²) in [5, 5.41) is 1.08.